The smallest absolute Gasteiger partial charge is 0.236 e. The molecule has 1 N–H and O–H groups in total. The Morgan fingerprint density at radius 3 is 2.70 bits per heavy atom. The number of nitrogens with one attached hydrogen (secondary N) is 1. The number of aromatic amines is 1. The molecule has 0 saturated carbocycles. The van der Waals surface area contributed by atoms with Crippen molar-refractivity contribution in [1.29, 1.82) is 0 Å². The fraction of sp³-hybridized carbons (Fsp3) is 0.619. The second-order valence-corrected chi connectivity index (χ2v) is 8.18. The number of para-hydroxylation sites is 2. The summed E-state index contributed by atoms with van der Waals surface area (Å²) >= 11 is 0. The highest BCUT2D eigenvalue weighted by Crippen LogP contribution is 2.18. The van der Waals surface area contributed by atoms with Crippen molar-refractivity contribution in [2.45, 2.75) is 39.7 Å². The van der Waals surface area contributed by atoms with Crippen molar-refractivity contribution in [1.82, 2.24) is 19.8 Å². The van der Waals surface area contributed by atoms with Gasteiger partial charge >= 0.3 is 0 Å². The van der Waals surface area contributed by atoms with Gasteiger partial charge in [-0.05, 0) is 37.8 Å². The first-order chi connectivity index (χ1) is 12.9. The zero-order valence-electron chi connectivity index (χ0n) is 17.1. The van der Waals surface area contributed by atoms with Crippen LogP contribution in [0.5, 0.6) is 0 Å². The quantitative estimate of drug-likeness (QED) is 0.848. The number of amides is 1. The molecule has 1 saturated heterocycles. The van der Waals surface area contributed by atoms with E-state index in [-0.39, 0.29) is 11.9 Å². The molecule has 0 aliphatic carbocycles. The number of aromatic nitrogens is 2. The van der Waals surface area contributed by atoms with Gasteiger partial charge in [0.15, 0.2) is 0 Å². The Bertz CT molecular complexity index is 723. The number of likely N-dealkylation sites (N-methyl/N-ethyl adjacent to an activating group) is 1. The number of H-pyrrole nitrogens is 1. The first-order valence-electron chi connectivity index (χ1n) is 10.1. The maximum atomic E-state index is 12.7. The molecule has 2 aromatic rings. The van der Waals surface area contributed by atoms with Gasteiger partial charge in [-0.1, -0.05) is 26.0 Å². The van der Waals surface area contributed by atoms with Crippen molar-refractivity contribution in [3.63, 3.8) is 0 Å². The van der Waals surface area contributed by atoms with Crippen LogP contribution < -0.4 is 4.90 Å². The minimum atomic E-state index is 0.223. The molecule has 148 valence electrons. The summed E-state index contributed by atoms with van der Waals surface area (Å²) in [5.41, 5.74) is 2.08. The Balaban J connectivity index is 1.55. The summed E-state index contributed by atoms with van der Waals surface area (Å²) < 4.78 is 0. The third-order valence-electron chi connectivity index (χ3n) is 5.49. The van der Waals surface area contributed by atoms with Crippen LogP contribution in [0, 0.1) is 5.92 Å². The lowest BCUT2D eigenvalue weighted by Crippen LogP contribution is -2.43. The third-order valence-corrected chi connectivity index (χ3v) is 5.49. The van der Waals surface area contributed by atoms with Gasteiger partial charge < -0.3 is 14.8 Å². The molecule has 1 aromatic carbocycles. The highest BCUT2D eigenvalue weighted by atomic mass is 16.2. The molecule has 1 fully saturated rings. The lowest BCUT2D eigenvalue weighted by molar-refractivity contribution is -0.133. The van der Waals surface area contributed by atoms with E-state index in [0.717, 1.165) is 56.0 Å². The van der Waals surface area contributed by atoms with Crippen LogP contribution in [0.3, 0.4) is 0 Å². The van der Waals surface area contributed by atoms with Crippen molar-refractivity contribution < 1.29 is 4.79 Å². The standard InChI is InChI=1S/C21H33N5O/c1-16(2)14-17(3)24(4)20(27)15-25-10-7-11-26(13-12-25)21-22-18-8-5-6-9-19(18)23-21/h5-6,8-9,16-17H,7,10-15H2,1-4H3,(H,22,23). The summed E-state index contributed by atoms with van der Waals surface area (Å²) in [7, 11) is 1.94. The number of anilines is 1. The number of fused-ring (bicyclic) bond motifs is 1. The summed E-state index contributed by atoms with van der Waals surface area (Å²) in [6, 6.07) is 8.42. The monoisotopic (exact) mass is 371 g/mol. The minimum Gasteiger partial charge on any atom is -0.342 e. The summed E-state index contributed by atoms with van der Waals surface area (Å²) in [5.74, 6) is 1.76. The zero-order chi connectivity index (χ0) is 19.4. The van der Waals surface area contributed by atoms with Gasteiger partial charge in [-0.3, -0.25) is 9.69 Å². The Hall–Kier alpha value is -2.08. The molecule has 1 aliphatic heterocycles. The molecule has 1 aliphatic rings. The van der Waals surface area contributed by atoms with Crippen molar-refractivity contribution in [2.75, 3.05) is 44.7 Å². The second-order valence-electron chi connectivity index (χ2n) is 8.18. The van der Waals surface area contributed by atoms with E-state index in [0.29, 0.717) is 12.5 Å². The Morgan fingerprint density at radius 2 is 1.96 bits per heavy atom. The number of carbonyl (C=O) groups excluding carboxylic acids is 1. The van der Waals surface area contributed by atoms with Gasteiger partial charge in [0.25, 0.3) is 0 Å². The number of nitrogens with zero attached hydrogens (tertiary/aromatic N) is 4. The SMILES string of the molecule is CC(C)CC(C)N(C)C(=O)CN1CCCN(c2nc3ccccc3[nH]2)CC1. The molecule has 1 unspecified atom stereocenters. The van der Waals surface area contributed by atoms with E-state index in [2.05, 4.69) is 41.6 Å². The van der Waals surface area contributed by atoms with Gasteiger partial charge in [-0.25, -0.2) is 4.98 Å². The number of rotatable bonds is 6. The molecule has 0 spiro atoms. The number of imidazole rings is 1. The fourth-order valence-corrected chi connectivity index (χ4v) is 3.82. The average molecular weight is 372 g/mol. The largest absolute Gasteiger partial charge is 0.342 e. The highest BCUT2D eigenvalue weighted by molar-refractivity contribution is 5.78. The van der Waals surface area contributed by atoms with Gasteiger partial charge in [0.2, 0.25) is 11.9 Å². The highest BCUT2D eigenvalue weighted by Gasteiger charge is 2.22. The molecule has 27 heavy (non-hydrogen) atoms. The Labute approximate surface area is 162 Å². The van der Waals surface area contributed by atoms with E-state index < -0.39 is 0 Å². The van der Waals surface area contributed by atoms with E-state index in [4.69, 9.17) is 4.98 Å². The molecule has 1 aromatic heterocycles. The van der Waals surface area contributed by atoms with Crippen LogP contribution in [-0.2, 0) is 4.79 Å². The lowest BCUT2D eigenvalue weighted by Gasteiger charge is -2.29. The van der Waals surface area contributed by atoms with Crippen molar-refractivity contribution >= 4 is 22.9 Å². The van der Waals surface area contributed by atoms with Crippen LogP contribution in [0.2, 0.25) is 0 Å². The number of benzene rings is 1. The summed E-state index contributed by atoms with van der Waals surface area (Å²) in [4.78, 5) is 27.3. The van der Waals surface area contributed by atoms with Gasteiger partial charge in [0.1, 0.15) is 0 Å². The predicted molar refractivity (Wildman–Crippen MR) is 111 cm³/mol. The molecular formula is C21H33N5O. The number of carbonyl (C=O) groups is 1. The van der Waals surface area contributed by atoms with E-state index >= 15 is 0 Å². The zero-order valence-corrected chi connectivity index (χ0v) is 17.1. The van der Waals surface area contributed by atoms with Crippen LogP contribution in [0.1, 0.15) is 33.6 Å². The topological polar surface area (TPSA) is 55.5 Å². The molecule has 2 heterocycles. The predicted octanol–water partition coefficient (Wildman–Crippen LogP) is 2.97. The molecule has 1 atom stereocenters. The Morgan fingerprint density at radius 1 is 1.19 bits per heavy atom. The van der Waals surface area contributed by atoms with Crippen LogP contribution >= 0.6 is 0 Å². The second kappa shape index (κ2) is 8.74. The maximum Gasteiger partial charge on any atom is 0.236 e. The number of hydrogen-bond acceptors (Lipinski definition) is 4. The molecule has 1 amide bonds. The molecule has 3 rings (SSSR count). The summed E-state index contributed by atoms with van der Waals surface area (Å²) in [6.45, 7) is 10.7. The molecule has 0 bridgehead atoms. The molecule has 6 heteroatoms. The normalized spacial score (nSPS) is 17.3. The summed E-state index contributed by atoms with van der Waals surface area (Å²) in [6.07, 6.45) is 2.08. The number of hydrogen-bond donors (Lipinski definition) is 1. The van der Waals surface area contributed by atoms with Gasteiger partial charge in [-0.15, -0.1) is 0 Å². The summed E-state index contributed by atoms with van der Waals surface area (Å²) in [5, 5.41) is 0. The van der Waals surface area contributed by atoms with E-state index in [9.17, 15) is 4.79 Å². The van der Waals surface area contributed by atoms with Gasteiger partial charge in [0.05, 0.1) is 17.6 Å². The Kier molecular flexibility index (Phi) is 6.37. The first kappa shape index (κ1) is 19.7. The maximum absolute atomic E-state index is 12.7. The van der Waals surface area contributed by atoms with Gasteiger partial charge in [0, 0.05) is 39.3 Å². The van der Waals surface area contributed by atoms with Crippen LogP contribution in [-0.4, -0.2) is 71.5 Å². The minimum absolute atomic E-state index is 0.223. The first-order valence-corrected chi connectivity index (χ1v) is 10.1. The van der Waals surface area contributed by atoms with Crippen LogP contribution in [0.15, 0.2) is 24.3 Å². The van der Waals surface area contributed by atoms with Crippen LogP contribution in [0.4, 0.5) is 5.95 Å². The molecule has 0 radical (unpaired) electrons. The van der Waals surface area contributed by atoms with E-state index in [1.807, 2.05) is 30.1 Å². The van der Waals surface area contributed by atoms with Crippen LogP contribution in [0.25, 0.3) is 11.0 Å². The van der Waals surface area contributed by atoms with Gasteiger partial charge in [-0.2, -0.15) is 0 Å². The lowest BCUT2D eigenvalue weighted by atomic mass is 10.0. The van der Waals surface area contributed by atoms with Crippen molar-refractivity contribution in [3.8, 4) is 0 Å². The van der Waals surface area contributed by atoms with Crippen molar-refractivity contribution in [2.24, 2.45) is 5.92 Å². The fourth-order valence-electron chi connectivity index (χ4n) is 3.82. The molecule has 6 nitrogen and oxygen atoms in total. The average Bonchev–Trinajstić information content (AvgIpc) is 2.93. The molecular weight excluding hydrogens is 338 g/mol. The van der Waals surface area contributed by atoms with Crippen molar-refractivity contribution in [3.05, 3.63) is 24.3 Å². The van der Waals surface area contributed by atoms with E-state index in [1.165, 1.54) is 0 Å². The van der Waals surface area contributed by atoms with E-state index in [1.54, 1.807) is 0 Å². The third kappa shape index (κ3) is 5.01.